The zero-order chi connectivity index (χ0) is 17.1. The number of hydrogen-bond donors (Lipinski definition) is 2. The summed E-state index contributed by atoms with van der Waals surface area (Å²) in [5.41, 5.74) is 1.83. The van der Waals surface area contributed by atoms with Crippen LogP contribution in [0.3, 0.4) is 0 Å². The second-order valence-electron chi connectivity index (χ2n) is 6.38. The van der Waals surface area contributed by atoms with Crippen molar-refractivity contribution >= 4 is 16.9 Å². The lowest BCUT2D eigenvalue weighted by Gasteiger charge is -2.15. The van der Waals surface area contributed by atoms with Crippen LogP contribution in [0.1, 0.15) is 24.8 Å². The molecule has 0 unspecified atom stereocenters. The van der Waals surface area contributed by atoms with Gasteiger partial charge in [-0.3, -0.25) is 5.10 Å². The molecule has 1 fully saturated rings. The van der Waals surface area contributed by atoms with Crippen molar-refractivity contribution in [2.45, 2.75) is 37.8 Å². The molecule has 1 aliphatic rings. The average molecular weight is 341 g/mol. The summed E-state index contributed by atoms with van der Waals surface area (Å²) < 4.78 is 18.9. The Bertz CT molecular complexity index is 835. The van der Waals surface area contributed by atoms with E-state index in [2.05, 4.69) is 25.5 Å². The van der Waals surface area contributed by atoms with E-state index in [1.807, 2.05) is 12.1 Å². The molecule has 2 heterocycles. The van der Waals surface area contributed by atoms with Crippen molar-refractivity contribution in [3.05, 3.63) is 48.2 Å². The van der Waals surface area contributed by atoms with E-state index in [0.717, 1.165) is 48.1 Å². The van der Waals surface area contributed by atoms with Crippen molar-refractivity contribution in [2.75, 3.05) is 11.9 Å². The van der Waals surface area contributed by atoms with Gasteiger partial charge in [0.05, 0.1) is 24.3 Å². The van der Waals surface area contributed by atoms with Gasteiger partial charge in [-0.2, -0.15) is 5.10 Å². The highest BCUT2D eigenvalue weighted by molar-refractivity contribution is 5.85. The third-order valence-corrected chi connectivity index (χ3v) is 4.63. The monoisotopic (exact) mass is 341 g/mol. The Morgan fingerprint density at radius 2 is 2.08 bits per heavy atom. The Balaban J connectivity index is 1.27. The molecule has 25 heavy (non-hydrogen) atoms. The number of halogens is 1. The zero-order valence-corrected chi connectivity index (χ0v) is 13.8. The predicted molar refractivity (Wildman–Crippen MR) is 92.8 cm³/mol. The van der Waals surface area contributed by atoms with Gasteiger partial charge in [0, 0.05) is 6.04 Å². The molecule has 1 aliphatic carbocycles. The summed E-state index contributed by atoms with van der Waals surface area (Å²) in [7, 11) is 0. The van der Waals surface area contributed by atoms with Gasteiger partial charge in [-0.1, -0.05) is 12.1 Å². The normalized spacial score (nSPS) is 20.2. The van der Waals surface area contributed by atoms with Crippen LogP contribution in [0.2, 0.25) is 0 Å². The van der Waals surface area contributed by atoms with E-state index in [9.17, 15) is 4.39 Å². The molecule has 7 heteroatoms. The first kappa shape index (κ1) is 16.0. The van der Waals surface area contributed by atoms with E-state index >= 15 is 0 Å². The van der Waals surface area contributed by atoms with E-state index in [-0.39, 0.29) is 11.9 Å². The molecule has 0 bridgehead atoms. The van der Waals surface area contributed by atoms with Crippen LogP contribution in [0.4, 0.5) is 10.2 Å². The van der Waals surface area contributed by atoms with Crippen molar-refractivity contribution in [1.29, 1.82) is 0 Å². The molecular formula is C18H20FN5O. The zero-order valence-electron chi connectivity index (χ0n) is 13.8. The summed E-state index contributed by atoms with van der Waals surface area (Å²) in [5.74, 6) is 0.613. The average Bonchev–Trinajstić information content (AvgIpc) is 3.27. The third kappa shape index (κ3) is 3.76. The van der Waals surface area contributed by atoms with Crippen LogP contribution >= 0.6 is 0 Å². The topological polar surface area (TPSA) is 75.7 Å². The standard InChI is InChI=1S/C18H20FN5O/c19-13-3-1-12(2-4-13)7-8-25-15-6-5-14(9-15)23-17-16-10-22-24-18(16)21-11-20-17/h1-4,10-11,14-15H,5-9H2,(H2,20,21,22,23,24)/t14-,15-/m0/s1. The minimum Gasteiger partial charge on any atom is -0.378 e. The highest BCUT2D eigenvalue weighted by Crippen LogP contribution is 2.27. The summed E-state index contributed by atoms with van der Waals surface area (Å²) >= 11 is 0. The number of benzene rings is 1. The van der Waals surface area contributed by atoms with Gasteiger partial charge in [-0.25, -0.2) is 14.4 Å². The minimum absolute atomic E-state index is 0.203. The Hall–Kier alpha value is -2.54. The van der Waals surface area contributed by atoms with Gasteiger partial charge < -0.3 is 10.1 Å². The second-order valence-corrected chi connectivity index (χ2v) is 6.38. The number of rotatable bonds is 6. The minimum atomic E-state index is -0.203. The number of ether oxygens (including phenoxy) is 1. The maximum atomic E-state index is 12.9. The Kier molecular flexibility index (Phi) is 4.56. The van der Waals surface area contributed by atoms with E-state index in [1.54, 1.807) is 6.20 Å². The Labute approximate surface area is 144 Å². The maximum Gasteiger partial charge on any atom is 0.160 e. The number of fused-ring (bicyclic) bond motifs is 1. The smallest absolute Gasteiger partial charge is 0.160 e. The van der Waals surface area contributed by atoms with E-state index in [0.29, 0.717) is 12.6 Å². The number of aromatic amines is 1. The van der Waals surface area contributed by atoms with E-state index < -0.39 is 0 Å². The number of hydrogen-bond acceptors (Lipinski definition) is 5. The molecule has 2 N–H and O–H groups in total. The molecule has 2 atom stereocenters. The molecular weight excluding hydrogens is 321 g/mol. The van der Waals surface area contributed by atoms with Gasteiger partial charge in [0.25, 0.3) is 0 Å². The van der Waals surface area contributed by atoms with Crippen LogP contribution in [0.5, 0.6) is 0 Å². The lowest BCUT2D eigenvalue weighted by Crippen LogP contribution is -2.19. The van der Waals surface area contributed by atoms with Gasteiger partial charge in [-0.05, 0) is 43.4 Å². The molecule has 0 spiro atoms. The summed E-state index contributed by atoms with van der Waals surface area (Å²) in [5, 5.41) is 11.2. The third-order valence-electron chi connectivity index (χ3n) is 4.63. The lowest BCUT2D eigenvalue weighted by molar-refractivity contribution is 0.0601. The summed E-state index contributed by atoms with van der Waals surface area (Å²) in [6.07, 6.45) is 7.35. The molecule has 1 saturated carbocycles. The number of H-pyrrole nitrogens is 1. The predicted octanol–water partition coefficient (Wildman–Crippen LogP) is 3.08. The van der Waals surface area contributed by atoms with Crippen molar-refractivity contribution < 1.29 is 9.13 Å². The van der Waals surface area contributed by atoms with Crippen LogP contribution in [0, 0.1) is 5.82 Å². The second kappa shape index (κ2) is 7.14. The fourth-order valence-corrected chi connectivity index (χ4v) is 3.29. The van der Waals surface area contributed by atoms with Crippen LogP contribution in [-0.2, 0) is 11.2 Å². The molecule has 2 aromatic heterocycles. The molecule has 1 aromatic carbocycles. The van der Waals surface area contributed by atoms with E-state index in [4.69, 9.17) is 4.74 Å². The molecule has 3 aromatic rings. The fourth-order valence-electron chi connectivity index (χ4n) is 3.29. The molecule has 4 rings (SSSR count). The first-order chi connectivity index (χ1) is 12.3. The van der Waals surface area contributed by atoms with Gasteiger partial charge >= 0.3 is 0 Å². The highest BCUT2D eigenvalue weighted by Gasteiger charge is 2.26. The van der Waals surface area contributed by atoms with Gasteiger partial charge in [0.2, 0.25) is 0 Å². The molecule has 0 amide bonds. The maximum absolute atomic E-state index is 12.9. The lowest BCUT2D eigenvalue weighted by atomic mass is 10.1. The largest absolute Gasteiger partial charge is 0.378 e. The number of nitrogens with zero attached hydrogens (tertiary/aromatic N) is 3. The van der Waals surface area contributed by atoms with Crippen molar-refractivity contribution in [3.8, 4) is 0 Å². The van der Waals surface area contributed by atoms with Gasteiger partial charge in [-0.15, -0.1) is 0 Å². The van der Waals surface area contributed by atoms with Gasteiger partial charge in [0.15, 0.2) is 5.65 Å². The Morgan fingerprint density at radius 1 is 1.20 bits per heavy atom. The number of anilines is 1. The first-order valence-corrected chi connectivity index (χ1v) is 8.54. The van der Waals surface area contributed by atoms with Crippen molar-refractivity contribution in [2.24, 2.45) is 0 Å². The Morgan fingerprint density at radius 3 is 2.96 bits per heavy atom. The fraction of sp³-hybridized carbons (Fsp3) is 0.389. The SMILES string of the molecule is Fc1ccc(CCO[C@H]2CC[C@H](Nc3ncnc4[nH]ncc34)C2)cc1. The molecule has 130 valence electrons. The van der Waals surface area contributed by atoms with Crippen LogP contribution < -0.4 is 5.32 Å². The number of nitrogens with one attached hydrogen (secondary N) is 2. The first-order valence-electron chi connectivity index (χ1n) is 8.54. The summed E-state index contributed by atoms with van der Waals surface area (Å²) in [4.78, 5) is 8.47. The van der Waals surface area contributed by atoms with Crippen LogP contribution in [0.15, 0.2) is 36.8 Å². The molecule has 6 nitrogen and oxygen atoms in total. The number of aromatic nitrogens is 4. The summed E-state index contributed by atoms with van der Waals surface area (Å²) in [6, 6.07) is 6.93. The molecule has 0 saturated heterocycles. The highest BCUT2D eigenvalue weighted by atomic mass is 19.1. The molecule has 0 radical (unpaired) electrons. The van der Waals surface area contributed by atoms with Crippen LogP contribution in [0.25, 0.3) is 11.0 Å². The van der Waals surface area contributed by atoms with Crippen LogP contribution in [-0.4, -0.2) is 38.9 Å². The van der Waals surface area contributed by atoms with Crippen molar-refractivity contribution in [3.63, 3.8) is 0 Å². The quantitative estimate of drug-likeness (QED) is 0.721. The summed E-state index contributed by atoms with van der Waals surface area (Å²) in [6.45, 7) is 0.655. The van der Waals surface area contributed by atoms with Crippen molar-refractivity contribution in [1.82, 2.24) is 20.2 Å². The van der Waals surface area contributed by atoms with Gasteiger partial charge in [0.1, 0.15) is 18.0 Å². The van der Waals surface area contributed by atoms with E-state index in [1.165, 1.54) is 18.5 Å². The molecule has 0 aliphatic heterocycles.